The van der Waals surface area contributed by atoms with E-state index in [1.165, 1.54) is 0 Å². The van der Waals surface area contributed by atoms with Crippen LogP contribution in [-0.2, 0) is 9.59 Å². The predicted molar refractivity (Wildman–Crippen MR) is 103 cm³/mol. The fraction of sp³-hybridized carbons (Fsp3) is 0.300. The summed E-state index contributed by atoms with van der Waals surface area (Å²) in [6.45, 7) is 4.41. The van der Waals surface area contributed by atoms with Crippen LogP contribution in [0.3, 0.4) is 0 Å². The van der Waals surface area contributed by atoms with E-state index in [2.05, 4.69) is 4.90 Å². The van der Waals surface area contributed by atoms with E-state index >= 15 is 0 Å². The number of anilines is 1. The van der Waals surface area contributed by atoms with Crippen molar-refractivity contribution in [2.45, 2.75) is 6.92 Å². The molecule has 0 aromatic heterocycles. The molecule has 3 rings (SSSR count). The number of hydrogen-bond donors (Lipinski definition) is 0. The van der Waals surface area contributed by atoms with Crippen LogP contribution in [-0.4, -0.2) is 49.6 Å². The molecule has 1 heterocycles. The lowest BCUT2D eigenvalue weighted by molar-refractivity contribution is -0.136. The fourth-order valence-corrected chi connectivity index (χ4v) is 2.96. The van der Waals surface area contributed by atoms with Gasteiger partial charge in [-0.15, -0.1) is 0 Å². The predicted octanol–water partition coefficient (Wildman–Crippen LogP) is 2.99. The molecule has 1 aliphatic heterocycles. The molecule has 1 fully saturated rings. The molecule has 0 aliphatic carbocycles. The van der Waals surface area contributed by atoms with Gasteiger partial charge in [0.1, 0.15) is 11.5 Å². The van der Waals surface area contributed by atoms with Gasteiger partial charge in [-0.25, -0.2) is 4.79 Å². The van der Waals surface area contributed by atoms with Crippen LogP contribution >= 0.6 is 11.6 Å². The Morgan fingerprint density at radius 2 is 1.52 bits per heavy atom. The third-order valence-corrected chi connectivity index (χ3v) is 4.58. The first-order valence-corrected chi connectivity index (χ1v) is 9.08. The number of nitrogens with zero attached hydrogens (tertiary/aromatic N) is 2. The fourth-order valence-electron chi connectivity index (χ4n) is 2.84. The Hall–Kier alpha value is -2.73. The molecule has 0 radical (unpaired) electrons. The van der Waals surface area contributed by atoms with E-state index in [0.29, 0.717) is 29.6 Å². The largest absolute Gasteiger partial charge is 0.482 e. The molecule has 142 valence electrons. The van der Waals surface area contributed by atoms with Crippen LogP contribution in [0.1, 0.15) is 6.92 Å². The summed E-state index contributed by atoms with van der Waals surface area (Å²) in [6.07, 6.45) is 0. The van der Waals surface area contributed by atoms with Gasteiger partial charge in [0.2, 0.25) is 5.91 Å². The molecule has 1 amide bonds. The number of amides is 1. The van der Waals surface area contributed by atoms with E-state index in [0.717, 1.165) is 18.8 Å². The monoisotopic (exact) mass is 388 g/mol. The van der Waals surface area contributed by atoms with Crippen LogP contribution in [0.2, 0.25) is 5.02 Å². The van der Waals surface area contributed by atoms with Crippen LogP contribution in [0.5, 0.6) is 11.5 Å². The Morgan fingerprint density at radius 1 is 0.926 bits per heavy atom. The average Bonchev–Trinajstić information content (AvgIpc) is 2.68. The summed E-state index contributed by atoms with van der Waals surface area (Å²) in [7, 11) is 0. The number of carbonyl (C=O) groups excluding carboxylic acids is 2. The van der Waals surface area contributed by atoms with Crippen molar-refractivity contribution < 1.29 is 19.1 Å². The average molecular weight is 389 g/mol. The van der Waals surface area contributed by atoms with Crippen molar-refractivity contribution in [1.82, 2.24) is 4.90 Å². The van der Waals surface area contributed by atoms with Crippen molar-refractivity contribution in [1.29, 1.82) is 0 Å². The lowest BCUT2D eigenvalue weighted by Crippen LogP contribution is -2.48. The highest BCUT2D eigenvalue weighted by Gasteiger charge is 2.18. The second kappa shape index (κ2) is 8.77. The number of rotatable bonds is 5. The van der Waals surface area contributed by atoms with Crippen LogP contribution in [0.15, 0.2) is 48.5 Å². The maximum atomic E-state index is 11.9. The van der Waals surface area contributed by atoms with Crippen molar-refractivity contribution in [3.05, 3.63) is 53.6 Å². The molecule has 6 nitrogen and oxygen atoms in total. The first kappa shape index (κ1) is 19.0. The first-order valence-electron chi connectivity index (χ1n) is 8.71. The SMILES string of the molecule is CC(=O)N1CCN(c2ccc(OC(=O)COc3ccc(Cl)cc3)cc2)CC1. The molecule has 0 spiro atoms. The number of piperazine rings is 1. The van der Waals surface area contributed by atoms with E-state index in [1.807, 2.05) is 17.0 Å². The Morgan fingerprint density at radius 3 is 2.11 bits per heavy atom. The maximum absolute atomic E-state index is 11.9. The topological polar surface area (TPSA) is 59.1 Å². The molecular formula is C20H21ClN2O4. The highest BCUT2D eigenvalue weighted by molar-refractivity contribution is 6.30. The second-order valence-electron chi connectivity index (χ2n) is 6.20. The van der Waals surface area contributed by atoms with Gasteiger partial charge in [-0.1, -0.05) is 11.6 Å². The van der Waals surface area contributed by atoms with Gasteiger partial charge in [-0.05, 0) is 48.5 Å². The zero-order valence-electron chi connectivity index (χ0n) is 15.1. The first-order chi connectivity index (χ1) is 13.0. The van der Waals surface area contributed by atoms with Crippen LogP contribution in [0, 0.1) is 0 Å². The normalized spacial score (nSPS) is 14.0. The van der Waals surface area contributed by atoms with Gasteiger partial charge >= 0.3 is 5.97 Å². The Bertz CT molecular complexity index is 785. The number of hydrogen-bond acceptors (Lipinski definition) is 5. The lowest BCUT2D eigenvalue weighted by atomic mass is 10.2. The Labute approximate surface area is 163 Å². The molecule has 2 aromatic rings. The third-order valence-electron chi connectivity index (χ3n) is 4.33. The van der Waals surface area contributed by atoms with E-state index in [-0.39, 0.29) is 12.5 Å². The summed E-state index contributed by atoms with van der Waals surface area (Å²) < 4.78 is 10.7. The van der Waals surface area contributed by atoms with Gasteiger partial charge in [-0.2, -0.15) is 0 Å². The number of esters is 1. The standard InChI is InChI=1S/C20H21ClN2O4/c1-15(24)22-10-12-23(13-11-22)17-4-8-19(9-5-17)27-20(25)14-26-18-6-2-16(21)3-7-18/h2-9H,10-14H2,1H3. The quantitative estimate of drug-likeness (QED) is 0.582. The molecule has 1 saturated heterocycles. The summed E-state index contributed by atoms with van der Waals surface area (Å²) in [6, 6.07) is 14.1. The zero-order chi connectivity index (χ0) is 19.2. The van der Waals surface area contributed by atoms with Gasteiger partial charge in [0.15, 0.2) is 6.61 Å². The zero-order valence-corrected chi connectivity index (χ0v) is 15.8. The number of benzene rings is 2. The minimum atomic E-state index is -0.479. The molecule has 0 unspecified atom stereocenters. The Kier molecular flexibility index (Phi) is 6.19. The highest BCUT2D eigenvalue weighted by atomic mass is 35.5. The van der Waals surface area contributed by atoms with E-state index < -0.39 is 5.97 Å². The van der Waals surface area contributed by atoms with Crippen LogP contribution in [0.4, 0.5) is 5.69 Å². The molecular weight excluding hydrogens is 368 g/mol. The highest BCUT2D eigenvalue weighted by Crippen LogP contribution is 2.21. The lowest BCUT2D eigenvalue weighted by Gasteiger charge is -2.35. The molecule has 2 aromatic carbocycles. The van der Waals surface area contributed by atoms with Gasteiger partial charge in [0, 0.05) is 43.8 Å². The van der Waals surface area contributed by atoms with E-state index in [1.54, 1.807) is 43.3 Å². The van der Waals surface area contributed by atoms with E-state index in [9.17, 15) is 9.59 Å². The van der Waals surface area contributed by atoms with Crippen molar-refractivity contribution in [2.75, 3.05) is 37.7 Å². The molecule has 0 N–H and O–H groups in total. The van der Waals surface area contributed by atoms with Crippen molar-refractivity contribution in [3.63, 3.8) is 0 Å². The molecule has 1 aliphatic rings. The minimum Gasteiger partial charge on any atom is -0.482 e. The number of carbonyl (C=O) groups is 2. The summed E-state index contributed by atoms with van der Waals surface area (Å²) >= 11 is 5.80. The maximum Gasteiger partial charge on any atom is 0.349 e. The minimum absolute atomic E-state index is 0.109. The Balaban J connectivity index is 1.48. The molecule has 7 heteroatoms. The van der Waals surface area contributed by atoms with Crippen molar-refractivity contribution in [2.24, 2.45) is 0 Å². The number of halogens is 1. The summed E-state index contributed by atoms with van der Waals surface area (Å²) in [4.78, 5) is 27.4. The smallest absolute Gasteiger partial charge is 0.349 e. The summed E-state index contributed by atoms with van der Waals surface area (Å²) in [5.41, 5.74) is 1.04. The molecule has 0 bridgehead atoms. The van der Waals surface area contributed by atoms with E-state index in [4.69, 9.17) is 21.1 Å². The second-order valence-corrected chi connectivity index (χ2v) is 6.64. The molecule has 0 saturated carbocycles. The van der Waals surface area contributed by atoms with Gasteiger partial charge in [-0.3, -0.25) is 4.79 Å². The van der Waals surface area contributed by atoms with Crippen molar-refractivity contribution >= 4 is 29.2 Å². The third kappa shape index (κ3) is 5.37. The number of ether oxygens (including phenoxy) is 2. The van der Waals surface area contributed by atoms with Gasteiger partial charge in [0.25, 0.3) is 0 Å². The summed E-state index contributed by atoms with van der Waals surface area (Å²) in [5, 5.41) is 0.604. The van der Waals surface area contributed by atoms with Crippen molar-refractivity contribution in [3.8, 4) is 11.5 Å². The summed E-state index contributed by atoms with van der Waals surface area (Å²) in [5.74, 6) is 0.646. The molecule has 0 atom stereocenters. The molecule has 27 heavy (non-hydrogen) atoms. The van der Waals surface area contributed by atoms with Crippen LogP contribution in [0.25, 0.3) is 0 Å². The van der Waals surface area contributed by atoms with Gasteiger partial charge < -0.3 is 19.3 Å². The van der Waals surface area contributed by atoms with Crippen LogP contribution < -0.4 is 14.4 Å². The van der Waals surface area contributed by atoms with Gasteiger partial charge in [0.05, 0.1) is 0 Å².